The molecule has 0 atom stereocenters. The van der Waals surface area contributed by atoms with Crippen molar-refractivity contribution >= 4 is 0 Å². The fourth-order valence-corrected chi connectivity index (χ4v) is 1.56. The standard InChI is InChI=1S/C13H9F3O2/c1-8-6-12(17)11(7-18-8)9-2-4-10(5-3-9)13(14,15)16/h2-7H,1H3. The first-order valence-corrected chi connectivity index (χ1v) is 5.15. The van der Waals surface area contributed by atoms with Gasteiger partial charge in [-0.25, -0.2) is 0 Å². The Morgan fingerprint density at radius 2 is 1.72 bits per heavy atom. The smallest absolute Gasteiger partial charge is 0.416 e. The number of halogens is 3. The summed E-state index contributed by atoms with van der Waals surface area (Å²) in [5.41, 5.74) is -0.382. The van der Waals surface area contributed by atoms with E-state index in [0.717, 1.165) is 12.1 Å². The van der Waals surface area contributed by atoms with Gasteiger partial charge in [-0.3, -0.25) is 4.79 Å². The Bertz CT molecular complexity index is 609. The molecule has 5 heteroatoms. The van der Waals surface area contributed by atoms with Crippen molar-refractivity contribution in [3.8, 4) is 11.1 Å². The summed E-state index contributed by atoms with van der Waals surface area (Å²) < 4.78 is 42.2. The van der Waals surface area contributed by atoms with Crippen LogP contribution in [-0.4, -0.2) is 0 Å². The van der Waals surface area contributed by atoms with Crippen LogP contribution in [0.4, 0.5) is 13.2 Å². The number of rotatable bonds is 1. The van der Waals surface area contributed by atoms with Gasteiger partial charge in [0, 0.05) is 6.07 Å². The van der Waals surface area contributed by atoms with Gasteiger partial charge in [0.15, 0.2) is 5.43 Å². The molecule has 0 spiro atoms. The molecule has 94 valence electrons. The maximum Gasteiger partial charge on any atom is 0.416 e. The van der Waals surface area contributed by atoms with Crippen LogP contribution in [0.1, 0.15) is 11.3 Å². The molecule has 0 radical (unpaired) electrons. The summed E-state index contributed by atoms with van der Waals surface area (Å²) in [7, 11) is 0. The normalized spacial score (nSPS) is 11.6. The van der Waals surface area contributed by atoms with Gasteiger partial charge in [-0.15, -0.1) is 0 Å². The quantitative estimate of drug-likeness (QED) is 0.777. The van der Waals surface area contributed by atoms with Crippen LogP contribution >= 0.6 is 0 Å². The molecule has 1 aromatic carbocycles. The Balaban J connectivity index is 2.44. The van der Waals surface area contributed by atoms with Gasteiger partial charge in [0.1, 0.15) is 12.0 Å². The molecule has 0 bridgehead atoms. The second kappa shape index (κ2) is 4.33. The lowest BCUT2D eigenvalue weighted by Crippen LogP contribution is -2.06. The van der Waals surface area contributed by atoms with Gasteiger partial charge in [0.2, 0.25) is 0 Å². The first kappa shape index (κ1) is 12.4. The van der Waals surface area contributed by atoms with Crippen LogP contribution < -0.4 is 5.43 Å². The van der Waals surface area contributed by atoms with Gasteiger partial charge in [-0.1, -0.05) is 12.1 Å². The number of benzene rings is 1. The predicted octanol–water partition coefficient (Wildman–Crippen LogP) is 3.63. The maximum absolute atomic E-state index is 12.4. The topological polar surface area (TPSA) is 30.2 Å². The van der Waals surface area contributed by atoms with Crippen molar-refractivity contribution in [3.05, 3.63) is 58.1 Å². The second-order valence-electron chi connectivity index (χ2n) is 3.84. The minimum absolute atomic E-state index is 0.245. The third-order valence-electron chi connectivity index (χ3n) is 2.49. The first-order chi connectivity index (χ1) is 8.38. The van der Waals surface area contributed by atoms with E-state index in [0.29, 0.717) is 11.3 Å². The Hall–Kier alpha value is -2.04. The molecule has 0 saturated carbocycles. The number of aryl methyl sites for hydroxylation is 1. The van der Waals surface area contributed by atoms with E-state index in [4.69, 9.17) is 4.42 Å². The van der Waals surface area contributed by atoms with Crippen molar-refractivity contribution in [1.29, 1.82) is 0 Å². The van der Waals surface area contributed by atoms with Gasteiger partial charge in [0.25, 0.3) is 0 Å². The van der Waals surface area contributed by atoms with Crippen LogP contribution in [0.5, 0.6) is 0 Å². The van der Waals surface area contributed by atoms with Gasteiger partial charge >= 0.3 is 6.18 Å². The van der Waals surface area contributed by atoms with Gasteiger partial charge in [-0.2, -0.15) is 13.2 Å². The monoisotopic (exact) mass is 254 g/mol. The highest BCUT2D eigenvalue weighted by Gasteiger charge is 2.30. The summed E-state index contributed by atoms with van der Waals surface area (Å²) in [6.07, 6.45) is -3.13. The van der Waals surface area contributed by atoms with Crippen LogP contribution in [0.2, 0.25) is 0 Å². The van der Waals surface area contributed by atoms with Crippen LogP contribution in [0.25, 0.3) is 11.1 Å². The number of hydrogen-bond acceptors (Lipinski definition) is 2. The van der Waals surface area contributed by atoms with E-state index in [1.165, 1.54) is 24.5 Å². The zero-order chi connectivity index (χ0) is 13.3. The minimum Gasteiger partial charge on any atom is -0.469 e. The van der Waals surface area contributed by atoms with Crippen molar-refractivity contribution in [2.75, 3.05) is 0 Å². The van der Waals surface area contributed by atoms with Gasteiger partial charge in [0.05, 0.1) is 11.1 Å². The van der Waals surface area contributed by atoms with Crippen molar-refractivity contribution < 1.29 is 17.6 Å². The molecule has 0 saturated heterocycles. The Morgan fingerprint density at radius 1 is 1.11 bits per heavy atom. The predicted molar refractivity (Wildman–Crippen MR) is 60.2 cm³/mol. The lowest BCUT2D eigenvalue weighted by Gasteiger charge is -2.07. The van der Waals surface area contributed by atoms with Gasteiger partial charge < -0.3 is 4.42 Å². The highest BCUT2D eigenvalue weighted by Crippen LogP contribution is 2.30. The van der Waals surface area contributed by atoms with Crippen LogP contribution in [0.15, 0.2) is 45.8 Å². The zero-order valence-electron chi connectivity index (χ0n) is 9.41. The average Bonchev–Trinajstić information content (AvgIpc) is 2.28. The molecule has 0 fully saturated rings. The molecule has 0 aliphatic rings. The molecule has 2 nitrogen and oxygen atoms in total. The fraction of sp³-hybridized carbons (Fsp3) is 0.154. The third-order valence-corrected chi connectivity index (χ3v) is 2.49. The van der Waals surface area contributed by atoms with Crippen molar-refractivity contribution in [3.63, 3.8) is 0 Å². The largest absolute Gasteiger partial charge is 0.469 e. The number of alkyl halides is 3. The lowest BCUT2D eigenvalue weighted by molar-refractivity contribution is -0.137. The molecular weight excluding hydrogens is 245 g/mol. The van der Waals surface area contributed by atoms with Gasteiger partial charge in [-0.05, 0) is 24.6 Å². The molecule has 0 N–H and O–H groups in total. The third kappa shape index (κ3) is 2.45. The molecule has 0 aliphatic carbocycles. The fourth-order valence-electron chi connectivity index (χ4n) is 1.56. The molecule has 18 heavy (non-hydrogen) atoms. The van der Waals surface area contributed by atoms with Crippen LogP contribution in [0, 0.1) is 6.92 Å². The number of hydrogen-bond donors (Lipinski definition) is 0. The Morgan fingerprint density at radius 3 is 2.22 bits per heavy atom. The summed E-state index contributed by atoms with van der Waals surface area (Å²) in [4.78, 5) is 11.6. The van der Waals surface area contributed by atoms with Crippen LogP contribution in [-0.2, 0) is 6.18 Å². The van der Waals surface area contributed by atoms with Crippen LogP contribution in [0.3, 0.4) is 0 Å². The molecule has 0 amide bonds. The van der Waals surface area contributed by atoms with E-state index in [2.05, 4.69) is 0 Å². The summed E-state index contributed by atoms with van der Waals surface area (Å²) in [6.45, 7) is 1.62. The van der Waals surface area contributed by atoms with E-state index in [1.807, 2.05) is 0 Å². The summed E-state index contributed by atoms with van der Waals surface area (Å²) >= 11 is 0. The Labute approximate surface area is 101 Å². The van der Waals surface area contributed by atoms with E-state index >= 15 is 0 Å². The first-order valence-electron chi connectivity index (χ1n) is 5.15. The highest BCUT2D eigenvalue weighted by atomic mass is 19.4. The SMILES string of the molecule is Cc1cc(=O)c(-c2ccc(C(F)(F)F)cc2)co1. The minimum atomic E-state index is -4.38. The molecule has 1 heterocycles. The van der Waals surface area contributed by atoms with E-state index in [-0.39, 0.29) is 11.0 Å². The maximum atomic E-state index is 12.4. The van der Waals surface area contributed by atoms with Crippen molar-refractivity contribution in [1.82, 2.24) is 0 Å². The Kier molecular flexibility index (Phi) is 2.98. The van der Waals surface area contributed by atoms with E-state index in [1.54, 1.807) is 6.92 Å². The lowest BCUT2D eigenvalue weighted by atomic mass is 10.1. The summed E-state index contributed by atoms with van der Waals surface area (Å²) in [5.74, 6) is 0.454. The zero-order valence-corrected chi connectivity index (χ0v) is 9.41. The molecule has 1 aromatic heterocycles. The van der Waals surface area contributed by atoms with E-state index in [9.17, 15) is 18.0 Å². The van der Waals surface area contributed by atoms with Crippen molar-refractivity contribution in [2.24, 2.45) is 0 Å². The molecular formula is C13H9F3O2. The van der Waals surface area contributed by atoms with E-state index < -0.39 is 11.7 Å². The summed E-state index contributed by atoms with van der Waals surface area (Å²) in [6, 6.07) is 5.69. The summed E-state index contributed by atoms with van der Waals surface area (Å²) in [5, 5.41) is 0. The highest BCUT2D eigenvalue weighted by molar-refractivity contribution is 5.62. The molecule has 2 aromatic rings. The molecule has 0 unspecified atom stereocenters. The van der Waals surface area contributed by atoms with Crippen molar-refractivity contribution in [2.45, 2.75) is 13.1 Å². The average molecular weight is 254 g/mol. The second-order valence-corrected chi connectivity index (χ2v) is 3.84. The molecule has 0 aliphatic heterocycles. The molecule has 2 rings (SSSR count).